The van der Waals surface area contributed by atoms with Crippen LogP contribution in [0.3, 0.4) is 0 Å². The molecular weight excluding hydrogens is 1180 g/mol. The molecule has 0 aromatic heterocycles. The van der Waals surface area contributed by atoms with E-state index in [4.69, 9.17) is 14.2 Å². The number of carbonyl (C=O) groups is 6. The van der Waals surface area contributed by atoms with E-state index >= 15 is 0 Å². The summed E-state index contributed by atoms with van der Waals surface area (Å²) in [7, 11) is 0. The van der Waals surface area contributed by atoms with Gasteiger partial charge in [-0.15, -0.1) is 0 Å². The van der Waals surface area contributed by atoms with Crippen molar-refractivity contribution in [3.05, 3.63) is 215 Å². The molecule has 0 amide bonds. The van der Waals surface area contributed by atoms with E-state index < -0.39 is 35.8 Å². The van der Waals surface area contributed by atoms with E-state index in [0.29, 0.717) is 0 Å². The number of rotatable bonds is 6. The Morgan fingerprint density at radius 3 is 0.413 bits per heavy atom. The molecule has 3 N–H and O–H groups in total. The summed E-state index contributed by atoms with van der Waals surface area (Å²) in [6, 6.07) is 48.4. The third-order valence-corrected chi connectivity index (χ3v) is 8.54. The van der Waals surface area contributed by atoms with Crippen LogP contribution in [0.1, 0.15) is 101 Å². The summed E-state index contributed by atoms with van der Waals surface area (Å²) in [6.07, 6.45) is 7.67. The number of benzene rings is 6. The molecule has 75 heavy (non-hydrogen) atoms. The minimum absolute atomic E-state index is 0. The molecule has 3 heterocycles. The fourth-order valence-corrected chi connectivity index (χ4v) is 4.98. The third kappa shape index (κ3) is 45.5. The van der Waals surface area contributed by atoms with Gasteiger partial charge in [0.25, 0.3) is 0 Å². The maximum atomic E-state index is 10.1. The first-order chi connectivity index (χ1) is 33.3. The minimum atomic E-state index is -1.13. The molecule has 0 saturated carbocycles. The normalized spacial score (nSPS) is 11.2. The Morgan fingerprint density at radius 1 is 0.253 bits per heavy atom. The van der Waals surface area contributed by atoms with Crippen LogP contribution in [0.15, 0.2) is 182 Å². The van der Waals surface area contributed by atoms with Crippen molar-refractivity contribution in [1.82, 2.24) is 0 Å². The topological polar surface area (TPSA) is 330 Å². The molecule has 17 nitrogen and oxygen atoms in total. The first kappa shape index (κ1) is 80.8. The molecule has 21 heteroatoms. The van der Waals surface area contributed by atoms with Crippen molar-refractivity contribution in [3.8, 4) is 0 Å². The zero-order chi connectivity index (χ0) is 50.7. The third-order valence-electron chi connectivity index (χ3n) is 8.54. The second-order valence-corrected chi connectivity index (χ2v) is 13.9. The molecule has 0 bridgehead atoms. The molecule has 9 rings (SSSR count). The summed E-state index contributed by atoms with van der Waals surface area (Å²) < 4.78 is 14.8. The van der Waals surface area contributed by atoms with E-state index in [2.05, 4.69) is 0 Å². The van der Waals surface area contributed by atoms with Crippen LogP contribution in [0.4, 0.5) is 0 Å². The van der Waals surface area contributed by atoms with Gasteiger partial charge < -0.3 is 84.6 Å². The molecule has 0 radical (unpaired) electrons. The molecule has 3 aliphatic heterocycles. The molecule has 6 aromatic rings. The van der Waals surface area contributed by atoms with E-state index in [1.165, 1.54) is 111 Å². The van der Waals surface area contributed by atoms with Crippen molar-refractivity contribution < 1.29 is 162 Å². The van der Waals surface area contributed by atoms with Gasteiger partial charge in [-0.1, -0.05) is 182 Å². The monoisotopic (exact) mass is 1230 g/mol. The number of carboxylic acid groups (broad SMARTS) is 6. The van der Waals surface area contributed by atoms with Crippen LogP contribution >= 0.6 is 0 Å². The van der Waals surface area contributed by atoms with E-state index in [-0.39, 0.29) is 122 Å². The fraction of sp³-hybridized carbons (Fsp3) is 0.222. The van der Waals surface area contributed by atoms with Crippen LogP contribution in [-0.2, 0) is 103 Å². The zero-order valence-electron chi connectivity index (χ0n) is 41.7. The van der Waals surface area contributed by atoms with Gasteiger partial charge in [-0.2, -0.15) is 0 Å². The standard InChI is InChI=1S/6C7H6O2.3C4H8O.H2O.O.4Zn/c6*8-7(9)6-4-2-1-3-5-6;3*1-2-4-5-3-1;;;;;;/h6*1-5H,(H,8,9);3*1-4H2;1H2;;;;;/q;;;;;;;;;;-2;4*+2/p-5. The molecule has 6 aromatic carbocycles. The Morgan fingerprint density at radius 2 is 0.360 bits per heavy atom. The van der Waals surface area contributed by atoms with Crippen LogP contribution in [0.25, 0.3) is 0 Å². The number of ether oxygens (including phenoxy) is 3. The molecule has 382 valence electrons. The van der Waals surface area contributed by atoms with Crippen LogP contribution in [-0.4, -0.2) is 75.5 Å². The van der Waals surface area contributed by atoms with Crippen molar-refractivity contribution in [1.29, 1.82) is 0 Å². The van der Waals surface area contributed by atoms with E-state index in [9.17, 15) is 59.4 Å². The zero-order valence-corrected chi connectivity index (χ0v) is 53.6. The number of hydrogen-bond donors (Lipinski definition) is 0. The summed E-state index contributed by atoms with van der Waals surface area (Å²) >= 11 is 0. The van der Waals surface area contributed by atoms with Gasteiger partial charge in [0.1, 0.15) is 0 Å². The van der Waals surface area contributed by atoms with Gasteiger partial charge in [0.15, 0.2) is 0 Å². The quantitative estimate of drug-likeness (QED) is 0.169. The van der Waals surface area contributed by atoms with Gasteiger partial charge in [0.05, 0.1) is 35.8 Å². The Kier molecular flexibility index (Phi) is 58.9. The number of carbonyl (C=O) groups excluding carboxylic acids is 6. The Balaban J connectivity index is -0.000000178. The average Bonchev–Trinajstić information content (AvgIpc) is 4.26. The summed E-state index contributed by atoms with van der Waals surface area (Å²) in [4.78, 5) is 60.5. The van der Waals surface area contributed by atoms with Crippen LogP contribution in [0.5, 0.6) is 0 Å². The molecule has 3 aliphatic rings. The van der Waals surface area contributed by atoms with Crippen molar-refractivity contribution in [2.24, 2.45) is 0 Å². The predicted octanol–water partition coefficient (Wildman–Crippen LogP) is 1.64. The van der Waals surface area contributed by atoms with Gasteiger partial charge in [-0.05, 0) is 71.9 Å². The summed E-state index contributed by atoms with van der Waals surface area (Å²) in [5.41, 5.74) is 1.32. The smallest absolute Gasteiger partial charge is 2.00 e. The first-order valence-electron chi connectivity index (χ1n) is 21.6. The van der Waals surface area contributed by atoms with E-state index in [1.54, 1.807) is 109 Å². The second-order valence-electron chi connectivity index (χ2n) is 13.9. The molecule has 0 atom stereocenters. The minimum Gasteiger partial charge on any atom is -2.00 e. The second kappa shape index (κ2) is 54.7. The Bertz CT molecular complexity index is 1850. The van der Waals surface area contributed by atoms with Crippen LogP contribution in [0, 0.1) is 0 Å². The van der Waals surface area contributed by atoms with Gasteiger partial charge in [-0.25, -0.2) is 0 Å². The molecule has 0 aliphatic carbocycles. The summed E-state index contributed by atoms with van der Waals surface area (Å²) in [5.74, 6) is -6.77. The Labute approximate surface area is 488 Å². The Hall–Kier alpha value is -5.57. The first-order valence-corrected chi connectivity index (χ1v) is 21.6. The molecular formula is C54H57O17Zn4+. The fourth-order valence-electron chi connectivity index (χ4n) is 4.98. The van der Waals surface area contributed by atoms with Gasteiger partial charge >= 0.3 is 77.9 Å². The van der Waals surface area contributed by atoms with Crippen LogP contribution in [0.2, 0.25) is 0 Å². The van der Waals surface area contributed by atoms with Gasteiger partial charge in [0.2, 0.25) is 0 Å². The SMILES string of the molecule is C1CCOC1.C1CCOC1.C1CCOC1.O=C([O-])c1ccccc1.O=C([O-])c1ccccc1.O=C([O-])c1ccccc1.O=C([O-])c1ccccc1.O=C([O-])c1ccccc1.O=C([O-])c1ccccc1.[O-2].[OH3+].[Zn+2].[Zn+2].[Zn+2].[Zn+2]. The van der Waals surface area contributed by atoms with Gasteiger partial charge in [0, 0.05) is 39.6 Å². The molecule has 0 spiro atoms. The maximum Gasteiger partial charge on any atom is 2.00 e. The van der Waals surface area contributed by atoms with Crippen molar-refractivity contribution in [3.63, 3.8) is 0 Å². The number of carboxylic acids is 6. The number of hydrogen-bond acceptors (Lipinski definition) is 15. The van der Waals surface area contributed by atoms with Crippen LogP contribution < -0.4 is 30.6 Å². The predicted molar refractivity (Wildman–Crippen MR) is 250 cm³/mol. The molecule has 3 saturated heterocycles. The average molecular weight is 1240 g/mol. The van der Waals surface area contributed by atoms with Crippen molar-refractivity contribution in [2.45, 2.75) is 38.5 Å². The van der Waals surface area contributed by atoms with E-state index in [1.807, 2.05) is 0 Å². The summed E-state index contributed by atoms with van der Waals surface area (Å²) in [6.45, 7) is 6.00. The largest absolute Gasteiger partial charge is 2.00 e. The van der Waals surface area contributed by atoms with Crippen molar-refractivity contribution in [2.75, 3.05) is 39.6 Å². The van der Waals surface area contributed by atoms with E-state index in [0.717, 1.165) is 39.6 Å². The maximum absolute atomic E-state index is 10.1. The molecule has 0 unspecified atom stereocenters. The van der Waals surface area contributed by atoms with Crippen molar-refractivity contribution >= 4 is 35.8 Å². The summed E-state index contributed by atoms with van der Waals surface area (Å²) in [5, 5.41) is 60.5. The molecule has 3 fully saturated rings. The number of aromatic carboxylic acids is 6. The van der Waals surface area contributed by atoms with Gasteiger partial charge in [-0.3, -0.25) is 0 Å².